The fourth-order valence-electron chi connectivity index (χ4n) is 2.96. The molecule has 1 saturated heterocycles. The molecule has 2 aliphatic heterocycles. The summed E-state index contributed by atoms with van der Waals surface area (Å²) in [6.45, 7) is 4.20. The summed E-state index contributed by atoms with van der Waals surface area (Å²) in [5.41, 5.74) is 1.00. The maximum atomic E-state index is 12.7. The number of urea groups is 1. The normalized spacial score (nSPS) is 22.5. The van der Waals surface area contributed by atoms with Crippen LogP contribution < -0.4 is 16.0 Å². The molecule has 0 spiro atoms. The molecule has 3 N–H and O–H groups in total. The molecule has 0 radical (unpaired) electrons. The second kappa shape index (κ2) is 6.12. The van der Waals surface area contributed by atoms with E-state index >= 15 is 0 Å². The van der Waals surface area contributed by atoms with Gasteiger partial charge in [-0.25, -0.2) is 4.79 Å². The summed E-state index contributed by atoms with van der Waals surface area (Å²) in [6, 6.07) is 5.78. The predicted molar refractivity (Wildman–Crippen MR) is 85.0 cm³/mol. The Morgan fingerprint density at radius 2 is 2.17 bits per heavy atom. The van der Waals surface area contributed by atoms with E-state index in [0.29, 0.717) is 30.8 Å². The average molecular weight is 314 g/mol. The van der Waals surface area contributed by atoms with Crippen LogP contribution in [0.4, 0.5) is 10.5 Å². The molecule has 0 aliphatic carbocycles. The van der Waals surface area contributed by atoms with Crippen molar-refractivity contribution in [1.82, 2.24) is 15.5 Å². The largest absolute Gasteiger partial charge is 0.335 e. The number of hydrogen-bond acceptors (Lipinski definition) is 3. The summed E-state index contributed by atoms with van der Waals surface area (Å²) in [6.07, 6.45) is 1.97. The van der Waals surface area contributed by atoms with Crippen LogP contribution >= 0.6 is 0 Å². The second-order valence-electron chi connectivity index (χ2n) is 5.58. The first-order chi connectivity index (χ1) is 11.1. The number of anilines is 1. The van der Waals surface area contributed by atoms with E-state index in [1.165, 1.54) is 4.90 Å². The highest BCUT2D eigenvalue weighted by atomic mass is 16.2. The van der Waals surface area contributed by atoms with Gasteiger partial charge in [-0.15, -0.1) is 6.58 Å². The molecule has 23 heavy (non-hydrogen) atoms. The first-order valence-electron chi connectivity index (χ1n) is 7.46. The molecular formula is C16H18N4O3. The van der Waals surface area contributed by atoms with E-state index in [0.717, 1.165) is 0 Å². The third-order valence-corrected chi connectivity index (χ3v) is 4.02. The van der Waals surface area contributed by atoms with E-state index in [9.17, 15) is 14.4 Å². The van der Waals surface area contributed by atoms with Crippen LogP contribution in [0.15, 0.2) is 36.9 Å². The van der Waals surface area contributed by atoms with Gasteiger partial charge in [0.05, 0.1) is 17.3 Å². The van der Waals surface area contributed by atoms with E-state index in [1.807, 2.05) is 0 Å². The molecule has 7 nitrogen and oxygen atoms in total. The Hall–Kier alpha value is -2.83. The number of carbonyl (C=O) groups excluding carboxylic acids is 3. The number of benzene rings is 1. The summed E-state index contributed by atoms with van der Waals surface area (Å²) in [7, 11) is 0. The highest BCUT2D eigenvalue weighted by Crippen LogP contribution is 2.28. The van der Waals surface area contributed by atoms with E-state index < -0.39 is 6.04 Å². The van der Waals surface area contributed by atoms with Crippen molar-refractivity contribution in [3.63, 3.8) is 0 Å². The van der Waals surface area contributed by atoms with Crippen molar-refractivity contribution in [2.24, 2.45) is 0 Å². The summed E-state index contributed by atoms with van der Waals surface area (Å²) < 4.78 is 0. The summed E-state index contributed by atoms with van der Waals surface area (Å²) in [4.78, 5) is 38.3. The Kier molecular flexibility index (Phi) is 4.01. The number of nitrogens with one attached hydrogen (secondary N) is 3. The van der Waals surface area contributed by atoms with Crippen molar-refractivity contribution < 1.29 is 14.4 Å². The first-order valence-corrected chi connectivity index (χ1v) is 7.46. The molecule has 120 valence electrons. The van der Waals surface area contributed by atoms with Crippen LogP contribution in [0.1, 0.15) is 16.8 Å². The van der Waals surface area contributed by atoms with E-state index in [1.54, 1.807) is 30.3 Å². The molecule has 0 saturated carbocycles. The van der Waals surface area contributed by atoms with Crippen LogP contribution in [0, 0.1) is 0 Å². The van der Waals surface area contributed by atoms with E-state index in [-0.39, 0.29) is 23.9 Å². The van der Waals surface area contributed by atoms with Gasteiger partial charge in [0.2, 0.25) is 5.91 Å². The van der Waals surface area contributed by atoms with Gasteiger partial charge in [-0.3, -0.25) is 9.59 Å². The molecule has 4 amide bonds. The molecule has 0 bridgehead atoms. The third kappa shape index (κ3) is 2.90. The van der Waals surface area contributed by atoms with Gasteiger partial charge in [0, 0.05) is 13.1 Å². The minimum Gasteiger partial charge on any atom is -0.335 e. The third-order valence-electron chi connectivity index (χ3n) is 4.02. The summed E-state index contributed by atoms with van der Waals surface area (Å²) in [5, 5.41) is 8.19. The van der Waals surface area contributed by atoms with Crippen LogP contribution in [0.3, 0.4) is 0 Å². The number of nitrogens with zero attached hydrogens (tertiary/aromatic N) is 1. The molecule has 2 aliphatic rings. The van der Waals surface area contributed by atoms with Crippen LogP contribution in [0.25, 0.3) is 0 Å². The van der Waals surface area contributed by atoms with Crippen molar-refractivity contribution in [3.05, 3.63) is 42.5 Å². The molecule has 1 fully saturated rings. The molecule has 3 rings (SSSR count). The van der Waals surface area contributed by atoms with Gasteiger partial charge in [0.25, 0.3) is 5.91 Å². The Bertz CT molecular complexity index is 673. The standard InChI is InChI=1S/C16H18N4O3/c1-2-7-17-16(23)18-10-8-13-14(21)19-12-6-4-3-5-11(12)15(22)20(13)9-10/h2-6,10,13H,1,7-9H2,(H,19,21)(H2,17,18,23)/t10-,13-/m1/s1. The fourth-order valence-corrected chi connectivity index (χ4v) is 2.96. The Labute approximate surface area is 133 Å². The highest BCUT2D eigenvalue weighted by molar-refractivity contribution is 6.10. The predicted octanol–water partition coefficient (Wildman–Crippen LogP) is 0.707. The van der Waals surface area contributed by atoms with Gasteiger partial charge >= 0.3 is 6.03 Å². The molecule has 7 heteroatoms. The van der Waals surface area contributed by atoms with Crippen molar-refractivity contribution in [3.8, 4) is 0 Å². The van der Waals surface area contributed by atoms with Crippen molar-refractivity contribution >= 4 is 23.5 Å². The second-order valence-corrected chi connectivity index (χ2v) is 5.58. The fraction of sp³-hybridized carbons (Fsp3) is 0.312. The molecule has 2 heterocycles. The van der Waals surface area contributed by atoms with Crippen molar-refractivity contribution in [2.75, 3.05) is 18.4 Å². The molecule has 1 aromatic rings. The topological polar surface area (TPSA) is 90.5 Å². The molecule has 0 unspecified atom stereocenters. The number of rotatable bonds is 3. The van der Waals surface area contributed by atoms with Gasteiger partial charge in [0.1, 0.15) is 6.04 Å². The van der Waals surface area contributed by atoms with Gasteiger partial charge in [-0.2, -0.15) is 0 Å². The quantitative estimate of drug-likeness (QED) is 0.718. The minimum atomic E-state index is -0.570. The summed E-state index contributed by atoms with van der Waals surface area (Å²) in [5.74, 6) is -0.418. The zero-order chi connectivity index (χ0) is 16.4. The first kappa shape index (κ1) is 15.1. The Morgan fingerprint density at radius 3 is 2.96 bits per heavy atom. The zero-order valence-electron chi connectivity index (χ0n) is 12.5. The van der Waals surface area contributed by atoms with Gasteiger partial charge in [-0.1, -0.05) is 18.2 Å². The van der Waals surface area contributed by atoms with Crippen LogP contribution in [-0.4, -0.2) is 47.9 Å². The minimum absolute atomic E-state index is 0.195. The molecular weight excluding hydrogens is 296 g/mol. The number of hydrogen-bond donors (Lipinski definition) is 3. The van der Waals surface area contributed by atoms with E-state index in [4.69, 9.17) is 0 Å². The zero-order valence-corrected chi connectivity index (χ0v) is 12.5. The van der Waals surface area contributed by atoms with Crippen LogP contribution in [0.2, 0.25) is 0 Å². The van der Waals surface area contributed by atoms with Crippen molar-refractivity contribution in [1.29, 1.82) is 0 Å². The maximum absolute atomic E-state index is 12.7. The number of para-hydroxylation sites is 1. The lowest BCUT2D eigenvalue weighted by atomic mass is 10.1. The highest BCUT2D eigenvalue weighted by Gasteiger charge is 2.42. The summed E-state index contributed by atoms with van der Waals surface area (Å²) >= 11 is 0. The lowest BCUT2D eigenvalue weighted by Gasteiger charge is -2.20. The van der Waals surface area contributed by atoms with Gasteiger partial charge in [0.15, 0.2) is 0 Å². The molecule has 1 aromatic carbocycles. The maximum Gasteiger partial charge on any atom is 0.315 e. The Morgan fingerprint density at radius 1 is 1.39 bits per heavy atom. The number of fused-ring (bicyclic) bond motifs is 2. The lowest BCUT2D eigenvalue weighted by Crippen LogP contribution is -2.44. The van der Waals surface area contributed by atoms with Gasteiger partial charge in [-0.05, 0) is 18.6 Å². The van der Waals surface area contributed by atoms with Crippen molar-refractivity contribution in [2.45, 2.75) is 18.5 Å². The number of carbonyl (C=O) groups is 3. The Balaban J connectivity index is 1.75. The van der Waals surface area contributed by atoms with Crippen LogP contribution in [0.5, 0.6) is 0 Å². The number of amides is 4. The SMILES string of the molecule is C=CCNC(=O)N[C@@H]1C[C@@H]2C(=O)Nc3ccccc3C(=O)N2C1. The van der Waals surface area contributed by atoms with Gasteiger partial charge < -0.3 is 20.9 Å². The lowest BCUT2D eigenvalue weighted by molar-refractivity contribution is -0.119. The van der Waals surface area contributed by atoms with E-state index in [2.05, 4.69) is 22.5 Å². The average Bonchev–Trinajstić information content (AvgIpc) is 2.93. The molecule has 0 aromatic heterocycles. The monoisotopic (exact) mass is 314 g/mol. The smallest absolute Gasteiger partial charge is 0.315 e. The van der Waals surface area contributed by atoms with Crippen LogP contribution in [-0.2, 0) is 4.79 Å². The molecule has 2 atom stereocenters.